The van der Waals surface area contributed by atoms with Crippen LogP contribution in [0.25, 0.3) is 0 Å². The van der Waals surface area contributed by atoms with Crippen molar-refractivity contribution in [3.8, 4) is 0 Å². The van der Waals surface area contributed by atoms with E-state index in [-0.39, 0.29) is 6.03 Å². The fraction of sp³-hybridized carbons (Fsp3) is 0.429. The zero-order chi connectivity index (χ0) is 16.1. The zero-order valence-corrected chi connectivity index (χ0v) is 12.9. The maximum absolute atomic E-state index is 12.0. The molecule has 1 fully saturated rings. The summed E-state index contributed by atoms with van der Waals surface area (Å²) in [5.41, 5.74) is 0.961. The first-order chi connectivity index (χ1) is 11.2. The third-order valence-corrected chi connectivity index (χ3v) is 3.55. The van der Waals surface area contributed by atoms with Gasteiger partial charge in [0.15, 0.2) is 0 Å². The third-order valence-electron chi connectivity index (χ3n) is 3.55. The molecule has 0 spiro atoms. The van der Waals surface area contributed by atoms with Crippen LogP contribution in [-0.4, -0.2) is 52.1 Å². The first-order valence-corrected chi connectivity index (χ1v) is 7.39. The molecule has 2 amide bonds. The number of ether oxygens (including phenoxy) is 1. The van der Waals surface area contributed by atoms with E-state index in [9.17, 15) is 4.79 Å². The lowest BCUT2D eigenvalue weighted by atomic mass is 10.2. The SMILES string of the molecule is Cn1ncnc1NC(=O)NCc1cccnc1N1CCOCC1. The van der Waals surface area contributed by atoms with Crippen molar-refractivity contribution in [2.24, 2.45) is 7.05 Å². The Hall–Kier alpha value is -2.68. The van der Waals surface area contributed by atoms with Gasteiger partial charge in [0.05, 0.1) is 13.2 Å². The van der Waals surface area contributed by atoms with Gasteiger partial charge < -0.3 is 15.0 Å². The van der Waals surface area contributed by atoms with Crippen molar-refractivity contribution in [2.45, 2.75) is 6.54 Å². The van der Waals surface area contributed by atoms with Crippen LogP contribution in [-0.2, 0) is 18.3 Å². The van der Waals surface area contributed by atoms with Crippen molar-refractivity contribution in [2.75, 3.05) is 36.5 Å². The number of carbonyl (C=O) groups is 1. The summed E-state index contributed by atoms with van der Waals surface area (Å²) in [4.78, 5) is 22.5. The van der Waals surface area contributed by atoms with Gasteiger partial charge in [0, 0.05) is 38.4 Å². The Kier molecular flexibility index (Phi) is 4.67. The van der Waals surface area contributed by atoms with Crippen LogP contribution >= 0.6 is 0 Å². The van der Waals surface area contributed by atoms with Gasteiger partial charge in [-0.1, -0.05) is 6.07 Å². The van der Waals surface area contributed by atoms with Gasteiger partial charge in [-0.2, -0.15) is 10.1 Å². The van der Waals surface area contributed by atoms with E-state index in [4.69, 9.17) is 4.74 Å². The average molecular weight is 317 g/mol. The van der Waals surface area contributed by atoms with E-state index >= 15 is 0 Å². The number of amides is 2. The molecule has 1 aliphatic rings. The van der Waals surface area contributed by atoms with E-state index in [0.717, 1.165) is 24.5 Å². The third kappa shape index (κ3) is 3.75. The van der Waals surface area contributed by atoms with Crippen molar-refractivity contribution in [1.82, 2.24) is 25.1 Å². The van der Waals surface area contributed by atoms with Crippen LogP contribution in [0.5, 0.6) is 0 Å². The van der Waals surface area contributed by atoms with E-state index in [1.54, 1.807) is 13.2 Å². The summed E-state index contributed by atoms with van der Waals surface area (Å²) in [7, 11) is 1.71. The summed E-state index contributed by atoms with van der Waals surface area (Å²) in [5, 5.41) is 9.36. The first-order valence-electron chi connectivity index (χ1n) is 7.39. The van der Waals surface area contributed by atoms with Gasteiger partial charge in [-0.25, -0.2) is 14.5 Å². The predicted octanol–water partition coefficient (Wildman–Crippen LogP) is 0.368. The topological polar surface area (TPSA) is 97.2 Å². The number of pyridine rings is 1. The lowest BCUT2D eigenvalue weighted by Gasteiger charge is -2.29. The molecule has 0 aromatic carbocycles. The van der Waals surface area contributed by atoms with Crippen LogP contribution in [0.15, 0.2) is 24.7 Å². The number of aryl methyl sites for hydroxylation is 1. The Bertz CT molecular complexity index is 667. The number of morpholine rings is 1. The standard InChI is InChI=1S/C14H19N7O2/c1-20-13(17-10-18-20)19-14(22)16-9-11-3-2-4-15-12(11)21-5-7-23-8-6-21/h2-4,10H,5-9H2,1H3,(H2,16,17,18,19,22). The molecule has 2 aromatic heterocycles. The van der Waals surface area contributed by atoms with Crippen LogP contribution in [0.2, 0.25) is 0 Å². The second-order valence-electron chi connectivity index (χ2n) is 5.10. The quantitative estimate of drug-likeness (QED) is 0.845. The van der Waals surface area contributed by atoms with Crippen LogP contribution in [0.4, 0.5) is 16.6 Å². The molecular weight excluding hydrogens is 298 g/mol. The largest absolute Gasteiger partial charge is 0.378 e. The molecule has 23 heavy (non-hydrogen) atoms. The van der Waals surface area contributed by atoms with E-state index in [1.807, 2.05) is 12.1 Å². The monoisotopic (exact) mass is 317 g/mol. The number of hydrogen-bond acceptors (Lipinski definition) is 6. The molecule has 0 radical (unpaired) electrons. The number of carbonyl (C=O) groups excluding carboxylic acids is 1. The Morgan fingerprint density at radius 2 is 2.17 bits per heavy atom. The lowest BCUT2D eigenvalue weighted by Crippen LogP contribution is -2.38. The molecule has 0 bridgehead atoms. The molecule has 0 aliphatic carbocycles. The Morgan fingerprint density at radius 3 is 2.91 bits per heavy atom. The van der Waals surface area contributed by atoms with Crippen molar-refractivity contribution in [3.63, 3.8) is 0 Å². The highest BCUT2D eigenvalue weighted by molar-refractivity contribution is 5.87. The Labute approximate surface area is 133 Å². The van der Waals surface area contributed by atoms with E-state index in [1.165, 1.54) is 11.0 Å². The summed E-state index contributed by atoms with van der Waals surface area (Å²) < 4.78 is 6.85. The van der Waals surface area contributed by atoms with E-state index in [0.29, 0.717) is 25.7 Å². The molecule has 122 valence electrons. The molecule has 1 aliphatic heterocycles. The minimum absolute atomic E-state index is 0.335. The lowest BCUT2D eigenvalue weighted by molar-refractivity contribution is 0.122. The molecule has 3 heterocycles. The summed E-state index contributed by atoms with van der Waals surface area (Å²) in [6, 6.07) is 3.49. The molecule has 3 rings (SSSR count). The minimum Gasteiger partial charge on any atom is -0.378 e. The number of aromatic nitrogens is 4. The van der Waals surface area contributed by atoms with Gasteiger partial charge in [0.1, 0.15) is 12.1 Å². The fourth-order valence-corrected chi connectivity index (χ4v) is 2.36. The number of anilines is 2. The summed E-state index contributed by atoms with van der Waals surface area (Å²) in [6.07, 6.45) is 3.14. The Balaban J connectivity index is 1.61. The average Bonchev–Trinajstić information content (AvgIpc) is 2.99. The van der Waals surface area contributed by atoms with Gasteiger partial charge in [-0.3, -0.25) is 5.32 Å². The van der Waals surface area contributed by atoms with Crippen LogP contribution in [0.1, 0.15) is 5.56 Å². The number of nitrogens with one attached hydrogen (secondary N) is 2. The molecule has 2 N–H and O–H groups in total. The zero-order valence-electron chi connectivity index (χ0n) is 12.9. The molecular formula is C14H19N7O2. The highest BCUT2D eigenvalue weighted by atomic mass is 16.5. The highest BCUT2D eigenvalue weighted by Crippen LogP contribution is 2.18. The maximum Gasteiger partial charge on any atom is 0.321 e. The molecule has 9 heteroatoms. The predicted molar refractivity (Wildman–Crippen MR) is 84.1 cm³/mol. The van der Waals surface area contributed by atoms with E-state index < -0.39 is 0 Å². The van der Waals surface area contributed by atoms with Gasteiger partial charge in [0.2, 0.25) is 5.95 Å². The Morgan fingerprint density at radius 1 is 1.35 bits per heavy atom. The second kappa shape index (κ2) is 7.05. The van der Waals surface area contributed by atoms with Crippen LogP contribution in [0.3, 0.4) is 0 Å². The molecule has 2 aromatic rings. The van der Waals surface area contributed by atoms with E-state index in [2.05, 4.69) is 30.6 Å². The van der Waals surface area contributed by atoms with Crippen molar-refractivity contribution >= 4 is 17.8 Å². The molecule has 9 nitrogen and oxygen atoms in total. The molecule has 0 saturated carbocycles. The number of urea groups is 1. The maximum atomic E-state index is 12.0. The van der Waals surface area contributed by atoms with Gasteiger partial charge in [-0.15, -0.1) is 0 Å². The molecule has 1 saturated heterocycles. The van der Waals surface area contributed by atoms with Crippen molar-refractivity contribution in [1.29, 1.82) is 0 Å². The first kappa shape index (κ1) is 15.2. The fourth-order valence-electron chi connectivity index (χ4n) is 2.36. The van der Waals surface area contributed by atoms with Gasteiger partial charge >= 0.3 is 6.03 Å². The minimum atomic E-state index is -0.335. The number of nitrogens with zero attached hydrogens (tertiary/aromatic N) is 5. The number of rotatable bonds is 4. The summed E-state index contributed by atoms with van der Waals surface area (Å²) in [5.74, 6) is 1.27. The van der Waals surface area contributed by atoms with Crippen molar-refractivity contribution in [3.05, 3.63) is 30.2 Å². The highest BCUT2D eigenvalue weighted by Gasteiger charge is 2.16. The van der Waals surface area contributed by atoms with Crippen molar-refractivity contribution < 1.29 is 9.53 Å². The normalized spacial score (nSPS) is 14.6. The smallest absolute Gasteiger partial charge is 0.321 e. The summed E-state index contributed by atoms with van der Waals surface area (Å²) >= 11 is 0. The molecule has 0 unspecified atom stereocenters. The van der Waals surface area contributed by atoms with Gasteiger partial charge in [-0.05, 0) is 6.07 Å². The van der Waals surface area contributed by atoms with Gasteiger partial charge in [0.25, 0.3) is 0 Å². The second-order valence-corrected chi connectivity index (χ2v) is 5.10. The number of hydrogen-bond donors (Lipinski definition) is 2. The van der Waals surface area contributed by atoms with Crippen LogP contribution < -0.4 is 15.5 Å². The summed E-state index contributed by atoms with van der Waals surface area (Å²) in [6.45, 7) is 3.36. The molecule has 0 atom stereocenters. The van der Waals surface area contributed by atoms with Crippen LogP contribution in [0, 0.1) is 0 Å².